The van der Waals surface area contributed by atoms with E-state index in [0.717, 1.165) is 19.4 Å². The summed E-state index contributed by atoms with van der Waals surface area (Å²) in [4.78, 5) is 13.8. The lowest BCUT2D eigenvalue weighted by molar-refractivity contribution is -0.129. The van der Waals surface area contributed by atoms with Crippen LogP contribution in [-0.2, 0) is 9.53 Å². The molecule has 1 amide bonds. The van der Waals surface area contributed by atoms with E-state index < -0.39 is 0 Å². The molecule has 5 heteroatoms. The van der Waals surface area contributed by atoms with E-state index in [0.29, 0.717) is 13.1 Å². The van der Waals surface area contributed by atoms with Crippen LogP contribution in [0.25, 0.3) is 0 Å². The lowest BCUT2D eigenvalue weighted by atomic mass is 10.2. The summed E-state index contributed by atoms with van der Waals surface area (Å²) in [5.74, 6) is 0.178. The van der Waals surface area contributed by atoms with E-state index in [1.807, 2.05) is 10.3 Å². The molecule has 1 aromatic rings. The first-order valence-electron chi connectivity index (χ1n) is 6.01. The van der Waals surface area contributed by atoms with Gasteiger partial charge in [0.05, 0.1) is 12.6 Å². The molecule has 2 unspecified atom stereocenters. The maximum absolute atomic E-state index is 11.9. The molecule has 0 aliphatic carbocycles. The molecule has 0 radical (unpaired) electrons. The Morgan fingerprint density at radius 3 is 3.24 bits per heavy atom. The van der Waals surface area contributed by atoms with Crippen molar-refractivity contribution in [2.24, 2.45) is 0 Å². The second-order valence-corrected chi connectivity index (χ2v) is 5.30. The first kappa shape index (κ1) is 11.2. The van der Waals surface area contributed by atoms with E-state index in [2.05, 4.69) is 16.8 Å². The monoisotopic (exact) mass is 252 g/mol. The molecule has 2 fully saturated rings. The Morgan fingerprint density at radius 1 is 1.59 bits per heavy atom. The number of thiophene rings is 1. The molecule has 17 heavy (non-hydrogen) atoms. The molecule has 1 N–H and O–H groups in total. The number of amides is 1. The quantitative estimate of drug-likeness (QED) is 0.883. The van der Waals surface area contributed by atoms with Gasteiger partial charge in [0.15, 0.2) is 0 Å². The van der Waals surface area contributed by atoms with Crippen LogP contribution in [0.3, 0.4) is 0 Å². The number of hydrogen-bond donors (Lipinski definition) is 1. The zero-order chi connectivity index (χ0) is 11.7. The second kappa shape index (κ2) is 4.76. The summed E-state index contributed by atoms with van der Waals surface area (Å²) < 4.78 is 5.61. The molecule has 92 valence electrons. The molecule has 1 aromatic heterocycles. The van der Waals surface area contributed by atoms with E-state index in [9.17, 15) is 4.79 Å². The van der Waals surface area contributed by atoms with Gasteiger partial charge in [-0.05, 0) is 35.2 Å². The summed E-state index contributed by atoms with van der Waals surface area (Å²) in [6.45, 7) is 1.99. The highest BCUT2D eigenvalue weighted by molar-refractivity contribution is 7.07. The normalized spacial score (nSPS) is 29.2. The SMILES string of the molecule is O=C1CNC(c2ccsc2)N1CC1CCCO1. The van der Waals surface area contributed by atoms with Gasteiger partial charge in [-0.1, -0.05) is 0 Å². The molecule has 2 saturated heterocycles. The molecule has 2 aliphatic rings. The van der Waals surface area contributed by atoms with Crippen molar-refractivity contribution in [1.29, 1.82) is 0 Å². The van der Waals surface area contributed by atoms with Crippen molar-refractivity contribution in [3.63, 3.8) is 0 Å². The molecule has 3 heterocycles. The van der Waals surface area contributed by atoms with Crippen molar-refractivity contribution >= 4 is 17.2 Å². The maximum atomic E-state index is 11.9. The van der Waals surface area contributed by atoms with Crippen LogP contribution in [0.1, 0.15) is 24.6 Å². The Labute approximate surface area is 105 Å². The van der Waals surface area contributed by atoms with Crippen LogP contribution in [0.4, 0.5) is 0 Å². The summed E-state index contributed by atoms with van der Waals surface area (Å²) in [7, 11) is 0. The van der Waals surface area contributed by atoms with Crippen LogP contribution in [0.15, 0.2) is 16.8 Å². The van der Waals surface area contributed by atoms with Gasteiger partial charge in [-0.15, -0.1) is 0 Å². The average Bonchev–Trinajstić information content (AvgIpc) is 3.03. The van der Waals surface area contributed by atoms with Crippen molar-refractivity contribution < 1.29 is 9.53 Å². The molecule has 2 atom stereocenters. The molecule has 0 bridgehead atoms. The third kappa shape index (κ3) is 2.22. The van der Waals surface area contributed by atoms with Crippen molar-refractivity contribution in [2.45, 2.75) is 25.1 Å². The number of hydrogen-bond acceptors (Lipinski definition) is 4. The van der Waals surface area contributed by atoms with Crippen LogP contribution in [0.2, 0.25) is 0 Å². The molecule has 2 aliphatic heterocycles. The van der Waals surface area contributed by atoms with E-state index in [1.54, 1.807) is 11.3 Å². The standard InChI is InChI=1S/C12H16N2O2S/c15-11-6-13-12(9-3-5-17-8-9)14(11)7-10-2-1-4-16-10/h3,5,8,10,12-13H,1-2,4,6-7H2. The Kier molecular flexibility index (Phi) is 3.13. The molecule has 4 nitrogen and oxygen atoms in total. The molecular weight excluding hydrogens is 236 g/mol. The minimum absolute atomic E-state index is 0.0398. The van der Waals surface area contributed by atoms with Crippen LogP contribution in [0.5, 0.6) is 0 Å². The molecule has 0 spiro atoms. The van der Waals surface area contributed by atoms with E-state index in [-0.39, 0.29) is 18.2 Å². The predicted octanol–water partition coefficient (Wildman–Crippen LogP) is 1.36. The molecular formula is C12H16N2O2S. The molecule has 0 saturated carbocycles. The van der Waals surface area contributed by atoms with Gasteiger partial charge in [-0.3, -0.25) is 10.1 Å². The van der Waals surface area contributed by atoms with Gasteiger partial charge in [0, 0.05) is 13.2 Å². The lowest BCUT2D eigenvalue weighted by Gasteiger charge is -2.26. The summed E-state index contributed by atoms with van der Waals surface area (Å²) in [5.41, 5.74) is 1.18. The van der Waals surface area contributed by atoms with E-state index in [4.69, 9.17) is 4.74 Å². The highest BCUT2D eigenvalue weighted by atomic mass is 32.1. The van der Waals surface area contributed by atoms with Crippen molar-refractivity contribution in [3.05, 3.63) is 22.4 Å². The Hall–Kier alpha value is -0.910. The number of nitrogens with one attached hydrogen (secondary N) is 1. The van der Waals surface area contributed by atoms with Crippen LogP contribution in [-0.4, -0.2) is 36.6 Å². The van der Waals surface area contributed by atoms with E-state index >= 15 is 0 Å². The highest BCUT2D eigenvalue weighted by Crippen LogP contribution is 2.26. The fraction of sp³-hybridized carbons (Fsp3) is 0.583. The summed E-state index contributed by atoms with van der Waals surface area (Å²) in [6.07, 6.45) is 2.45. The van der Waals surface area contributed by atoms with Gasteiger partial charge in [0.2, 0.25) is 5.91 Å². The minimum atomic E-state index is 0.0398. The van der Waals surface area contributed by atoms with Gasteiger partial charge in [0.1, 0.15) is 6.17 Å². The van der Waals surface area contributed by atoms with Gasteiger partial charge < -0.3 is 9.64 Å². The van der Waals surface area contributed by atoms with Gasteiger partial charge >= 0.3 is 0 Å². The van der Waals surface area contributed by atoms with Crippen molar-refractivity contribution in [1.82, 2.24) is 10.2 Å². The minimum Gasteiger partial charge on any atom is -0.376 e. The lowest BCUT2D eigenvalue weighted by Crippen LogP contribution is -2.36. The predicted molar refractivity (Wildman–Crippen MR) is 65.7 cm³/mol. The first-order valence-corrected chi connectivity index (χ1v) is 6.95. The fourth-order valence-corrected chi connectivity index (χ4v) is 3.16. The van der Waals surface area contributed by atoms with Crippen LogP contribution >= 0.6 is 11.3 Å². The second-order valence-electron chi connectivity index (χ2n) is 4.52. The smallest absolute Gasteiger partial charge is 0.238 e. The summed E-state index contributed by atoms with van der Waals surface area (Å²) in [5, 5.41) is 7.40. The number of nitrogens with zero attached hydrogens (tertiary/aromatic N) is 1. The van der Waals surface area contributed by atoms with Crippen LogP contribution < -0.4 is 5.32 Å². The Morgan fingerprint density at radius 2 is 2.53 bits per heavy atom. The fourth-order valence-electron chi connectivity index (χ4n) is 2.48. The van der Waals surface area contributed by atoms with Gasteiger partial charge in [0.25, 0.3) is 0 Å². The number of rotatable bonds is 3. The van der Waals surface area contributed by atoms with Gasteiger partial charge in [-0.25, -0.2) is 0 Å². The number of ether oxygens (including phenoxy) is 1. The third-order valence-corrected chi connectivity index (χ3v) is 4.06. The van der Waals surface area contributed by atoms with Crippen molar-refractivity contribution in [3.8, 4) is 0 Å². The largest absolute Gasteiger partial charge is 0.376 e. The highest BCUT2D eigenvalue weighted by Gasteiger charge is 2.34. The average molecular weight is 252 g/mol. The Bertz CT molecular complexity index is 387. The maximum Gasteiger partial charge on any atom is 0.238 e. The molecule has 3 rings (SSSR count). The third-order valence-electron chi connectivity index (χ3n) is 3.36. The van der Waals surface area contributed by atoms with E-state index in [1.165, 1.54) is 5.56 Å². The number of carbonyl (C=O) groups is 1. The zero-order valence-electron chi connectivity index (χ0n) is 9.59. The van der Waals surface area contributed by atoms with Crippen molar-refractivity contribution in [2.75, 3.05) is 19.7 Å². The molecule has 0 aromatic carbocycles. The van der Waals surface area contributed by atoms with Gasteiger partial charge in [-0.2, -0.15) is 11.3 Å². The number of carbonyl (C=O) groups excluding carboxylic acids is 1. The topological polar surface area (TPSA) is 41.6 Å². The first-order chi connectivity index (χ1) is 8.34. The summed E-state index contributed by atoms with van der Waals surface area (Å²) in [6, 6.07) is 2.07. The summed E-state index contributed by atoms with van der Waals surface area (Å²) >= 11 is 1.66. The Balaban J connectivity index is 1.72. The zero-order valence-corrected chi connectivity index (χ0v) is 10.4. The van der Waals surface area contributed by atoms with Crippen LogP contribution in [0, 0.1) is 0 Å².